The molecule has 6 nitrogen and oxygen atoms in total. The molecule has 0 saturated carbocycles. The number of aliphatic hydroxyl groups is 1. The van der Waals surface area contributed by atoms with Gasteiger partial charge >= 0.3 is 6.03 Å². The summed E-state index contributed by atoms with van der Waals surface area (Å²) in [6.45, 7) is 0.440. The first-order chi connectivity index (χ1) is 13.0. The molecule has 27 heavy (non-hydrogen) atoms. The molecule has 0 spiro atoms. The van der Waals surface area contributed by atoms with Gasteiger partial charge in [-0.05, 0) is 35.2 Å². The molecule has 142 valence electrons. The van der Waals surface area contributed by atoms with Crippen LogP contribution in [0.25, 0.3) is 0 Å². The van der Waals surface area contributed by atoms with Crippen LogP contribution in [0.3, 0.4) is 0 Å². The van der Waals surface area contributed by atoms with Gasteiger partial charge in [0.05, 0.1) is 12.1 Å². The van der Waals surface area contributed by atoms with Crippen molar-refractivity contribution in [2.75, 3.05) is 20.6 Å². The number of urea groups is 1. The van der Waals surface area contributed by atoms with Crippen molar-refractivity contribution in [3.05, 3.63) is 70.8 Å². The van der Waals surface area contributed by atoms with E-state index < -0.39 is 6.10 Å². The predicted octanol–water partition coefficient (Wildman–Crippen LogP) is 1.89. The molecule has 0 heterocycles. The van der Waals surface area contributed by atoms with Crippen LogP contribution in [-0.4, -0.2) is 48.7 Å². The summed E-state index contributed by atoms with van der Waals surface area (Å²) in [5.41, 5.74) is 3.65. The highest BCUT2D eigenvalue weighted by molar-refractivity contribution is 5.94. The first kappa shape index (κ1) is 18.9. The number of rotatable bonds is 5. The summed E-state index contributed by atoms with van der Waals surface area (Å²) < 4.78 is 0. The van der Waals surface area contributed by atoms with Gasteiger partial charge in [0, 0.05) is 32.6 Å². The monoisotopic (exact) mass is 367 g/mol. The third-order valence-electron chi connectivity index (χ3n) is 4.77. The van der Waals surface area contributed by atoms with Crippen LogP contribution in [0.5, 0.6) is 0 Å². The van der Waals surface area contributed by atoms with Crippen LogP contribution in [0.1, 0.15) is 33.1 Å². The number of hydrogen-bond acceptors (Lipinski definition) is 3. The van der Waals surface area contributed by atoms with Crippen molar-refractivity contribution in [2.45, 2.75) is 25.0 Å². The zero-order chi connectivity index (χ0) is 19.4. The molecule has 1 aliphatic carbocycles. The van der Waals surface area contributed by atoms with Crippen LogP contribution in [-0.2, 0) is 12.8 Å². The highest BCUT2D eigenvalue weighted by atomic mass is 16.3. The van der Waals surface area contributed by atoms with E-state index in [1.54, 1.807) is 20.2 Å². The lowest BCUT2D eigenvalue weighted by atomic mass is 10.1. The Morgan fingerprint density at radius 2 is 1.93 bits per heavy atom. The lowest BCUT2D eigenvalue weighted by Crippen LogP contribution is -2.41. The number of benzene rings is 2. The van der Waals surface area contributed by atoms with E-state index in [1.165, 1.54) is 4.90 Å². The number of aliphatic hydroxyl groups excluding tert-OH is 1. The van der Waals surface area contributed by atoms with E-state index in [1.807, 2.05) is 42.5 Å². The Morgan fingerprint density at radius 3 is 2.70 bits per heavy atom. The molecule has 0 fully saturated rings. The van der Waals surface area contributed by atoms with Gasteiger partial charge in [-0.15, -0.1) is 0 Å². The predicted molar refractivity (Wildman–Crippen MR) is 104 cm³/mol. The van der Waals surface area contributed by atoms with Crippen molar-refractivity contribution in [3.8, 4) is 0 Å². The summed E-state index contributed by atoms with van der Waals surface area (Å²) in [7, 11) is 3.44. The van der Waals surface area contributed by atoms with Crippen molar-refractivity contribution < 1.29 is 14.7 Å². The Morgan fingerprint density at radius 1 is 1.15 bits per heavy atom. The molecule has 3 amide bonds. The molecular weight excluding hydrogens is 342 g/mol. The normalized spacial score (nSPS) is 17.9. The zero-order valence-corrected chi connectivity index (χ0v) is 15.6. The number of hydrogen-bond donors (Lipinski definition) is 3. The molecule has 2 atom stereocenters. The summed E-state index contributed by atoms with van der Waals surface area (Å²) >= 11 is 0. The second-order valence-corrected chi connectivity index (χ2v) is 7.00. The summed E-state index contributed by atoms with van der Waals surface area (Å²) in [5.74, 6) is -0.0450. The SMILES string of the molecule is CN(C)C(=O)c1cccc(CCNC(=O)NC2c3ccccc3CC2O)c1. The molecule has 0 radical (unpaired) electrons. The fraction of sp³-hybridized carbons (Fsp3) is 0.333. The topological polar surface area (TPSA) is 81.7 Å². The lowest BCUT2D eigenvalue weighted by Gasteiger charge is -2.18. The van der Waals surface area contributed by atoms with Gasteiger partial charge in [0.2, 0.25) is 0 Å². The van der Waals surface area contributed by atoms with Gasteiger partial charge in [-0.1, -0.05) is 36.4 Å². The summed E-state index contributed by atoms with van der Waals surface area (Å²) in [4.78, 5) is 25.8. The largest absolute Gasteiger partial charge is 0.390 e. The summed E-state index contributed by atoms with van der Waals surface area (Å²) in [6, 6.07) is 14.5. The highest BCUT2D eigenvalue weighted by Crippen LogP contribution is 2.30. The van der Waals surface area contributed by atoms with Crippen LogP contribution in [0, 0.1) is 0 Å². The number of fused-ring (bicyclic) bond motifs is 1. The number of carbonyl (C=O) groups excluding carboxylic acids is 2. The average Bonchev–Trinajstić information content (AvgIpc) is 2.96. The molecule has 6 heteroatoms. The molecule has 2 aromatic rings. The van der Waals surface area contributed by atoms with Crippen LogP contribution in [0.2, 0.25) is 0 Å². The van der Waals surface area contributed by atoms with Gasteiger partial charge < -0.3 is 20.6 Å². The van der Waals surface area contributed by atoms with Crippen molar-refractivity contribution >= 4 is 11.9 Å². The number of nitrogens with one attached hydrogen (secondary N) is 2. The molecule has 1 aliphatic rings. The molecule has 2 unspecified atom stereocenters. The van der Waals surface area contributed by atoms with Gasteiger partial charge in [0.1, 0.15) is 0 Å². The smallest absolute Gasteiger partial charge is 0.315 e. The van der Waals surface area contributed by atoms with E-state index in [0.29, 0.717) is 24.9 Å². The number of carbonyl (C=O) groups is 2. The van der Waals surface area contributed by atoms with Crippen molar-refractivity contribution in [2.24, 2.45) is 0 Å². The first-order valence-electron chi connectivity index (χ1n) is 9.06. The van der Waals surface area contributed by atoms with Crippen LogP contribution in [0.15, 0.2) is 48.5 Å². The second-order valence-electron chi connectivity index (χ2n) is 7.00. The second kappa shape index (κ2) is 8.22. The molecule has 2 aromatic carbocycles. The Hall–Kier alpha value is -2.86. The van der Waals surface area contributed by atoms with E-state index in [-0.39, 0.29) is 18.0 Å². The first-order valence-corrected chi connectivity index (χ1v) is 9.06. The maximum Gasteiger partial charge on any atom is 0.315 e. The Kier molecular flexibility index (Phi) is 5.76. The van der Waals surface area contributed by atoms with Gasteiger partial charge in [0.25, 0.3) is 5.91 Å². The van der Waals surface area contributed by atoms with Crippen molar-refractivity contribution in [1.82, 2.24) is 15.5 Å². The standard InChI is InChI=1S/C21H25N3O3/c1-24(2)20(26)16-8-5-6-14(12-16)10-11-22-21(27)23-19-17-9-4-3-7-15(17)13-18(19)25/h3-9,12,18-19,25H,10-11,13H2,1-2H3,(H2,22,23,27). The van der Waals surface area contributed by atoms with Gasteiger partial charge in [-0.2, -0.15) is 0 Å². The third kappa shape index (κ3) is 4.46. The molecule has 3 rings (SSSR count). The molecule has 3 N–H and O–H groups in total. The van der Waals surface area contributed by atoms with E-state index in [9.17, 15) is 14.7 Å². The fourth-order valence-electron chi connectivity index (χ4n) is 3.38. The minimum absolute atomic E-state index is 0.0450. The van der Waals surface area contributed by atoms with E-state index in [4.69, 9.17) is 0 Å². The van der Waals surface area contributed by atoms with Gasteiger partial charge in [-0.3, -0.25) is 4.79 Å². The fourth-order valence-corrected chi connectivity index (χ4v) is 3.38. The Labute approximate surface area is 159 Å². The summed E-state index contributed by atoms with van der Waals surface area (Å²) in [5, 5.41) is 15.9. The molecular formula is C21H25N3O3. The Bertz CT molecular complexity index is 835. The van der Waals surface area contributed by atoms with Crippen LogP contribution >= 0.6 is 0 Å². The zero-order valence-electron chi connectivity index (χ0n) is 15.6. The van der Waals surface area contributed by atoms with E-state index in [2.05, 4.69) is 10.6 Å². The maximum absolute atomic E-state index is 12.2. The molecule has 0 aromatic heterocycles. The molecule has 0 aliphatic heterocycles. The highest BCUT2D eigenvalue weighted by Gasteiger charge is 2.31. The van der Waals surface area contributed by atoms with Crippen molar-refractivity contribution in [1.29, 1.82) is 0 Å². The molecule has 0 bridgehead atoms. The quantitative estimate of drug-likeness (QED) is 0.755. The van der Waals surface area contributed by atoms with Crippen LogP contribution in [0.4, 0.5) is 4.79 Å². The minimum Gasteiger partial charge on any atom is -0.390 e. The number of amides is 3. The maximum atomic E-state index is 12.2. The Balaban J connectivity index is 1.52. The minimum atomic E-state index is -0.609. The van der Waals surface area contributed by atoms with Crippen LogP contribution < -0.4 is 10.6 Å². The average molecular weight is 367 g/mol. The van der Waals surface area contributed by atoms with Crippen molar-refractivity contribution in [3.63, 3.8) is 0 Å². The molecule has 0 saturated heterocycles. The van der Waals surface area contributed by atoms with E-state index in [0.717, 1.165) is 16.7 Å². The van der Waals surface area contributed by atoms with Gasteiger partial charge in [-0.25, -0.2) is 4.79 Å². The third-order valence-corrected chi connectivity index (χ3v) is 4.77. The number of nitrogens with zero attached hydrogens (tertiary/aromatic N) is 1. The lowest BCUT2D eigenvalue weighted by molar-refractivity contribution is 0.0827. The van der Waals surface area contributed by atoms with E-state index >= 15 is 0 Å². The summed E-state index contributed by atoms with van der Waals surface area (Å²) in [6.07, 6.45) is 0.557. The van der Waals surface area contributed by atoms with Gasteiger partial charge in [0.15, 0.2) is 0 Å².